The molecule has 0 saturated carbocycles. The summed E-state index contributed by atoms with van der Waals surface area (Å²) in [5, 5.41) is 1.41. The lowest BCUT2D eigenvalue weighted by Gasteiger charge is -2.10. The van der Waals surface area contributed by atoms with Gasteiger partial charge in [-0.2, -0.15) is 0 Å². The topological polar surface area (TPSA) is 12.9 Å². The molecule has 2 aromatic carbocycles. The van der Waals surface area contributed by atoms with Gasteiger partial charge in [0, 0.05) is 17.0 Å². The summed E-state index contributed by atoms with van der Waals surface area (Å²) in [6, 6.07) is 14.3. The number of hydrogen-bond acceptors (Lipinski definition) is 1. The van der Waals surface area contributed by atoms with Crippen LogP contribution < -0.4 is 0 Å². The average molecular weight is 272 g/mol. The number of hydrogen-bond donors (Lipinski definition) is 0. The second-order valence-electron chi connectivity index (χ2n) is 4.43. The summed E-state index contributed by atoms with van der Waals surface area (Å²) in [5.74, 6) is -0.307. The molecule has 1 aromatic heterocycles. The fourth-order valence-electron chi connectivity index (χ4n) is 2.17. The van der Waals surface area contributed by atoms with E-state index in [9.17, 15) is 4.39 Å². The van der Waals surface area contributed by atoms with E-state index in [0.717, 1.165) is 22.2 Å². The van der Waals surface area contributed by atoms with Gasteiger partial charge in [-0.05, 0) is 24.6 Å². The number of fused-ring (bicyclic) bond motifs is 1. The number of halogens is 2. The second kappa shape index (κ2) is 4.63. The maximum Gasteiger partial charge on any atom is 0.125 e. The molecule has 3 rings (SSSR count). The van der Waals surface area contributed by atoms with Crippen LogP contribution in [0.25, 0.3) is 22.2 Å². The lowest BCUT2D eigenvalue weighted by Crippen LogP contribution is -1.92. The fraction of sp³-hybridized carbons (Fsp3) is 0.0625. The third kappa shape index (κ3) is 2.08. The average Bonchev–Trinajstić information content (AvgIpc) is 2.43. The van der Waals surface area contributed by atoms with Gasteiger partial charge in [0.05, 0.1) is 16.2 Å². The first-order chi connectivity index (χ1) is 9.16. The maximum absolute atomic E-state index is 13.3. The standard InChI is InChI=1S/C16H11ClFN/c1-10-15(17)13-8-7-12(18)9-14(13)19-16(10)11-5-3-2-4-6-11/h2-9H,1H3. The third-order valence-electron chi connectivity index (χ3n) is 3.16. The molecule has 0 saturated heterocycles. The Bertz CT molecular complexity index is 754. The van der Waals surface area contributed by atoms with Crippen LogP contribution in [0.2, 0.25) is 5.02 Å². The van der Waals surface area contributed by atoms with Crippen LogP contribution in [-0.4, -0.2) is 4.98 Å². The zero-order chi connectivity index (χ0) is 13.4. The van der Waals surface area contributed by atoms with Crippen molar-refractivity contribution in [1.82, 2.24) is 4.98 Å². The fourth-order valence-corrected chi connectivity index (χ4v) is 2.42. The third-order valence-corrected chi connectivity index (χ3v) is 3.65. The van der Waals surface area contributed by atoms with Crippen LogP contribution >= 0.6 is 11.6 Å². The molecular formula is C16H11ClFN. The predicted octanol–water partition coefficient (Wildman–Crippen LogP) is 5.00. The number of benzene rings is 2. The lowest BCUT2D eigenvalue weighted by molar-refractivity contribution is 0.629. The van der Waals surface area contributed by atoms with E-state index in [1.54, 1.807) is 6.07 Å². The van der Waals surface area contributed by atoms with E-state index < -0.39 is 0 Å². The first-order valence-corrected chi connectivity index (χ1v) is 6.35. The molecule has 0 aliphatic rings. The molecule has 1 nitrogen and oxygen atoms in total. The first-order valence-electron chi connectivity index (χ1n) is 5.97. The van der Waals surface area contributed by atoms with Gasteiger partial charge in [-0.25, -0.2) is 9.37 Å². The van der Waals surface area contributed by atoms with Crippen molar-refractivity contribution >= 4 is 22.5 Å². The molecule has 3 heteroatoms. The molecule has 0 aliphatic carbocycles. The predicted molar refractivity (Wildman–Crippen MR) is 76.9 cm³/mol. The quantitative estimate of drug-likeness (QED) is 0.607. The zero-order valence-electron chi connectivity index (χ0n) is 10.3. The van der Waals surface area contributed by atoms with E-state index in [1.165, 1.54) is 12.1 Å². The molecule has 0 aliphatic heterocycles. The zero-order valence-corrected chi connectivity index (χ0v) is 11.1. The van der Waals surface area contributed by atoms with Crippen molar-refractivity contribution in [2.24, 2.45) is 0 Å². The van der Waals surface area contributed by atoms with Gasteiger partial charge in [0.1, 0.15) is 5.82 Å². The number of aromatic nitrogens is 1. The molecule has 0 radical (unpaired) electrons. The molecule has 3 aromatic rings. The molecular weight excluding hydrogens is 261 g/mol. The SMILES string of the molecule is Cc1c(-c2ccccc2)nc2cc(F)ccc2c1Cl. The Morgan fingerprint density at radius 3 is 2.53 bits per heavy atom. The Labute approximate surface area is 115 Å². The molecule has 1 heterocycles. The van der Waals surface area contributed by atoms with Gasteiger partial charge in [-0.1, -0.05) is 41.9 Å². The highest BCUT2D eigenvalue weighted by Gasteiger charge is 2.12. The van der Waals surface area contributed by atoms with Crippen LogP contribution in [0.3, 0.4) is 0 Å². The van der Waals surface area contributed by atoms with Crippen LogP contribution in [0.5, 0.6) is 0 Å². The highest BCUT2D eigenvalue weighted by molar-refractivity contribution is 6.36. The van der Waals surface area contributed by atoms with Gasteiger partial charge < -0.3 is 0 Å². The van der Waals surface area contributed by atoms with E-state index in [-0.39, 0.29) is 5.82 Å². The van der Waals surface area contributed by atoms with Crippen LogP contribution in [-0.2, 0) is 0 Å². The number of nitrogens with zero attached hydrogens (tertiary/aromatic N) is 1. The van der Waals surface area contributed by atoms with E-state index >= 15 is 0 Å². The van der Waals surface area contributed by atoms with Crippen molar-refractivity contribution in [3.8, 4) is 11.3 Å². The van der Waals surface area contributed by atoms with Crippen LogP contribution in [0.1, 0.15) is 5.56 Å². The Kier molecular flexibility index (Phi) is 2.96. The largest absolute Gasteiger partial charge is 0.247 e. The van der Waals surface area contributed by atoms with Crippen LogP contribution in [0, 0.1) is 12.7 Å². The van der Waals surface area contributed by atoms with Gasteiger partial charge >= 0.3 is 0 Å². The molecule has 94 valence electrons. The van der Waals surface area contributed by atoms with Crippen molar-refractivity contribution in [2.45, 2.75) is 6.92 Å². The van der Waals surface area contributed by atoms with Gasteiger partial charge in [0.15, 0.2) is 0 Å². The Balaban J connectivity index is 2.35. The molecule has 0 N–H and O–H groups in total. The number of rotatable bonds is 1. The minimum Gasteiger partial charge on any atom is -0.247 e. The van der Waals surface area contributed by atoms with Gasteiger partial charge in [0.2, 0.25) is 0 Å². The monoisotopic (exact) mass is 271 g/mol. The van der Waals surface area contributed by atoms with Gasteiger partial charge in [-0.15, -0.1) is 0 Å². The Morgan fingerprint density at radius 2 is 1.79 bits per heavy atom. The number of pyridine rings is 1. The molecule has 0 unspecified atom stereocenters. The van der Waals surface area contributed by atoms with E-state index in [2.05, 4.69) is 4.98 Å². The minimum atomic E-state index is -0.307. The van der Waals surface area contributed by atoms with Crippen LogP contribution in [0.15, 0.2) is 48.5 Å². The smallest absolute Gasteiger partial charge is 0.125 e. The Morgan fingerprint density at radius 1 is 1.05 bits per heavy atom. The summed E-state index contributed by atoms with van der Waals surface area (Å²) < 4.78 is 13.3. The molecule has 0 atom stereocenters. The summed E-state index contributed by atoms with van der Waals surface area (Å²) in [6.45, 7) is 1.93. The van der Waals surface area contributed by atoms with Crippen LogP contribution in [0.4, 0.5) is 4.39 Å². The molecule has 0 bridgehead atoms. The highest BCUT2D eigenvalue weighted by Crippen LogP contribution is 2.32. The van der Waals surface area contributed by atoms with E-state index in [4.69, 9.17) is 11.6 Å². The maximum atomic E-state index is 13.3. The molecule has 0 fully saturated rings. The van der Waals surface area contributed by atoms with Crippen molar-refractivity contribution in [3.05, 3.63) is 64.9 Å². The van der Waals surface area contributed by atoms with E-state index in [0.29, 0.717) is 10.5 Å². The van der Waals surface area contributed by atoms with Crippen molar-refractivity contribution in [2.75, 3.05) is 0 Å². The highest BCUT2D eigenvalue weighted by atomic mass is 35.5. The normalized spacial score (nSPS) is 10.9. The molecule has 19 heavy (non-hydrogen) atoms. The van der Waals surface area contributed by atoms with E-state index in [1.807, 2.05) is 37.3 Å². The Hall–Kier alpha value is -1.93. The summed E-state index contributed by atoms with van der Waals surface area (Å²) in [5.41, 5.74) is 3.26. The molecule has 0 amide bonds. The first kappa shape index (κ1) is 12.1. The van der Waals surface area contributed by atoms with Gasteiger partial charge in [-0.3, -0.25) is 0 Å². The summed E-state index contributed by atoms with van der Waals surface area (Å²) in [4.78, 5) is 4.54. The lowest BCUT2D eigenvalue weighted by atomic mass is 10.0. The van der Waals surface area contributed by atoms with Crippen molar-refractivity contribution in [1.29, 1.82) is 0 Å². The van der Waals surface area contributed by atoms with Crippen molar-refractivity contribution in [3.63, 3.8) is 0 Å². The summed E-state index contributed by atoms with van der Waals surface area (Å²) >= 11 is 6.37. The molecule has 0 spiro atoms. The van der Waals surface area contributed by atoms with Gasteiger partial charge in [0.25, 0.3) is 0 Å². The minimum absolute atomic E-state index is 0.307. The summed E-state index contributed by atoms with van der Waals surface area (Å²) in [6.07, 6.45) is 0. The summed E-state index contributed by atoms with van der Waals surface area (Å²) in [7, 11) is 0. The second-order valence-corrected chi connectivity index (χ2v) is 4.80. The van der Waals surface area contributed by atoms with Crippen molar-refractivity contribution < 1.29 is 4.39 Å².